The molecule has 0 radical (unpaired) electrons. The van der Waals surface area contributed by atoms with Crippen molar-refractivity contribution in [3.05, 3.63) is 23.9 Å². The Labute approximate surface area is 109 Å². The van der Waals surface area contributed by atoms with E-state index in [0.29, 0.717) is 11.9 Å². The predicted octanol–water partition coefficient (Wildman–Crippen LogP) is 1.66. The second kappa shape index (κ2) is 5.24. The summed E-state index contributed by atoms with van der Waals surface area (Å²) in [7, 11) is 1.66. The van der Waals surface area contributed by atoms with Gasteiger partial charge < -0.3 is 10.1 Å². The molecule has 1 aliphatic rings. The second-order valence-electron chi connectivity index (χ2n) is 5.73. The Morgan fingerprint density at radius 1 is 1.56 bits per heavy atom. The summed E-state index contributed by atoms with van der Waals surface area (Å²) in [6.07, 6.45) is 1.81. The van der Waals surface area contributed by atoms with Crippen LogP contribution in [0.4, 0.5) is 0 Å². The van der Waals surface area contributed by atoms with E-state index in [0.717, 1.165) is 19.6 Å². The van der Waals surface area contributed by atoms with Crippen molar-refractivity contribution >= 4 is 0 Å². The molecule has 1 atom stereocenters. The fourth-order valence-corrected chi connectivity index (χ4v) is 2.38. The zero-order valence-electron chi connectivity index (χ0n) is 11.7. The molecule has 1 aliphatic heterocycles. The van der Waals surface area contributed by atoms with Crippen LogP contribution in [0.5, 0.6) is 5.88 Å². The summed E-state index contributed by atoms with van der Waals surface area (Å²) in [5, 5.41) is 3.57. The van der Waals surface area contributed by atoms with Gasteiger partial charge in [-0.25, -0.2) is 4.98 Å². The normalized spacial score (nSPS) is 23.9. The number of ether oxygens (including phenoxy) is 1. The van der Waals surface area contributed by atoms with Crippen LogP contribution in [0.15, 0.2) is 18.3 Å². The fourth-order valence-electron chi connectivity index (χ4n) is 2.38. The van der Waals surface area contributed by atoms with Gasteiger partial charge in [-0.15, -0.1) is 0 Å². The zero-order chi connectivity index (χ0) is 13.2. The van der Waals surface area contributed by atoms with E-state index in [9.17, 15) is 0 Å². The molecule has 4 nitrogen and oxygen atoms in total. The highest BCUT2D eigenvalue weighted by molar-refractivity contribution is 5.20. The van der Waals surface area contributed by atoms with Crippen molar-refractivity contribution in [2.24, 2.45) is 0 Å². The van der Waals surface area contributed by atoms with Crippen molar-refractivity contribution in [3.63, 3.8) is 0 Å². The molecule has 1 saturated heterocycles. The number of methoxy groups -OCH3 is 1. The van der Waals surface area contributed by atoms with E-state index in [4.69, 9.17) is 4.74 Å². The number of hydrogen-bond acceptors (Lipinski definition) is 4. The lowest BCUT2D eigenvalue weighted by atomic mass is 9.99. The van der Waals surface area contributed by atoms with Crippen molar-refractivity contribution in [3.8, 4) is 5.88 Å². The van der Waals surface area contributed by atoms with Gasteiger partial charge in [-0.2, -0.15) is 0 Å². The lowest BCUT2D eigenvalue weighted by molar-refractivity contribution is 0.0977. The molecule has 0 aliphatic carbocycles. The van der Waals surface area contributed by atoms with Gasteiger partial charge in [0.25, 0.3) is 0 Å². The van der Waals surface area contributed by atoms with Crippen LogP contribution >= 0.6 is 0 Å². The van der Waals surface area contributed by atoms with E-state index in [1.165, 1.54) is 5.56 Å². The minimum absolute atomic E-state index is 0.184. The average molecular weight is 249 g/mol. The molecule has 0 saturated carbocycles. The van der Waals surface area contributed by atoms with Crippen molar-refractivity contribution in [1.29, 1.82) is 0 Å². The van der Waals surface area contributed by atoms with E-state index in [2.05, 4.69) is 42.0 Å². The third kappa shape index (κ3) is 3.21. The smallest absolute Gasteiger partial charge is 0.213 e. The van der Waals surface area contributed by atoms with Crippen LogP contribution in [0, 0.1) is 0 Å². The number of nitrogens with one attached hydrogen (secondary N) is 1. The van der Waals surface area contributed by atoms with Crippen molar-refractivity contribution in [2.75, 3.05) is 20.2 Å². The number of rotatable bonds is 3. The van der Waals surface area contributed by atoms with E-state index in [1.807, 2.05) is 12.3 Å². The Kier molecular flexibility index (Phi) is 3.88. The molecule has 4 heteroatoms. The molecule has 1 aromatic rings. The van der Waals surface area contributed by atoms with Crippen LogP contribution in [0.1, 0.15) is 26.3 Å². The molecule has 0 amide bonds. The van der Waals surface area contributed by atoms with E-state index in [1.54, 1.807) is 7.11 Å². The monoisotopic (exact) mass is 249 g/mol. The lowest BCUT2D eigenvalue weighted by Crippen LogP contribution is -2.60. The Balaban J connectivity index is 2.07. The molecule has 0 aromatic carbocycles. The molecular formula is C14H23N3O. The van der Waals surface area contributed by atoms with Crippen LogP contribution in [0.2, 0.25) is 0 Å². The lowest BCUT2D eigenvalue weighted by Gasteiger charge is -2.43. The average Bonchev–Trinajstić information content (AvgIpc) is 2.34. The first-order valence-electron chi connectivity index (χ1n) is 6.48. The van der Waals surface area contributed by atoms with Crippen LogP contribution < -0.4 is 10.1 Å². The van der Waals surface area contributed by atoms with Crippen LogP contribution in [-0.2, 0) is 6.54 Å². The molecule has 1 fully saturated rings. The summed E-state index contributed by atoms with van der Waals surface area (Å²) >= 11 is 0. The van der Waals surface area contributed by atoms with Gasteiger partial charge in [-0.3, -0.25) is 4.90 Å². The van der Waals surface area contributed by atoms with E-state index in [-0.39, 0.29) is 5.54 Å². The van der Waals surface area contributed by atoms with Gasteiger partial charge in [-0.05, 0) is 32.4 Å². The molecule has 2 heterocycles. The summed E-state index contributed by atoms with van der Waals surface area (Å²) < 4.78 is 5.17. The Morgan fingerprint density at radius 3 is 3.06 bits per heavy atom. The molecule has 1 unspecified atom stereocenters. The molecule has 2 rings (SSSR count). The highest BCUT2D eigenvalue weighted by Crippen LogP contribution is 2.19. The summed E-state index contributed by atoms with van der Waals surface area (Å²) in [4.78, 5) is 6.65. The van der Waals surface area contributed by atoms with Gasteiger partial charge in [0.05, 0.1) is 7.11 Å². The quantitative estimate of drug-likeness (QED) is 0.884. The van der Waals surface area contributed by atoms with Gasteiger partial charge in [0.1, 0.15) is 0 Å². The van der Waals surface area contributed by atoms with Crippen molar-refractivity contribution in [1.82, 2.24) is 15.2 Å². The molecule has 18 heavy (non-hydrogen) atoms. The Hall–Kier alpha value is -1.13. The first kappa shape index (κ1) is 13.3. The van der Waals surface area contributed by atoms with E-state index >= 15 is 0 Å². The number of pyridine rings is 1. The highest BCUT2D eigenvalue weighted by atomic mass is 16.5. The zero-order valence-corrected chi connectivity index (χ0v) is 11.7. The third-order valence-corrected chi connectivity index (χ3v) is 3.49. The van der Waals surface area contributed by atoms with Crippen molar-refractivity contribution in [2.45, 2.75) is 38.9 Å². The largest absolute Gasteiger partial charge is 0.481 e. The van der Waals surface area contributed by atoms with Gasteiger partial charge >= 0.3 is 0 Å². The molecular weight excluding hydrogens is 226 g/mol. The summed E-state index contributed by atoms with van der Waals surface area (Å²) in [5.74, 6) is 0.689. The fraction of sp³-hybridized carbons (Fsp3) is 0.643. The first-order valence-corrected chi connectivity index (χ1v) is 6.48. The van der Waals surface area contributed by atoms with Gasteiger partial charge in [0.15, 0.2) is 0 Å². The van der Waals surface area contributed by atoms with Gasteiger partial charge in [-0.1, -0.05) is 0 Å². The molecule has 1 N–H and O–H groups in total. The number of aromatic nitrogens is 1. The number of nitrogens with zero attached hydrogens (tertiary/aromatic N) is 2. The maximum atomic E-state index is 5.17. The van der Waals surface area contributed by atoms with Gasteiger partial charge in [0.2, 0.25) is 5.88 Å². The molecule has 0 bridgehead atoms. The number of hydrogen-bond donors (Lipinski definition) is 1. The minimum Gasteiger partial charge on any atom is -0.481 e. The SMILES string of the molecule is COc1cc(CN2CC(C)(C)NCC2C)ccn1. The van der Waals surface area contributed by atoms with Crippen LogP contribution in [-0.4, -0.2) is 41.7 Å². The second-order valence-corrected chi connectivity index (χ2v) is 5.73. The molecule has 100 valence electrons. The predicted molar refractivity (Wildman–Crippen MR) is 72.7 cm³/mol. The maximum absolute atomic E-state index is 5.17. The maximum Gasteiger partial charge on any atom is 0.213 e. The van der Waals surface area contributed by atoms with Crippen LogP contribution in [0.3, 0.4) is 0 Å². The van der Waals surface area contributed by atoms with Crippen LogP contribution in [0.25, 0.3) is 0 Å². The minimum atomic E-state index is 0.184. The summed E-state index contributed by atoms with van der Waals surface area (Å²) in [6.45, 7) is 9.80. The number of piperazine rings is 1. The third-order valence-electron chi connectivity index (χ3n) is 3.49. The first-order chi connectivity index (χ1) is 8.50. The highest BCUT2D eigenvalue weighted by Gasteiger charge is 2.29. The van der Waals surface area contributed by atoms with Gasteiger partial charge in [0, 0.05) is 43.5 Å². The topological polar surface area (TPSA) is 37.4 Å². The Bertz CT molecular complexity index is 406. The standard InChI is InChI=1S/C14H23N3O/c1-11-8-16-14(2,3)10-17(11)9-12-5-6-15-13(7-12)18-4/h5-7,11,16H,8-10H2,1-4H3. The van der Waals surface area contributed by atoms with E-state index < -0.39 is 0 Å². The van der Waals surface area contributed by atoms with Crippen molar-refractivity contribution < 1.29 is 4.74 Å². The molecule has 1 aromatic heterocycles. The Morgan fingerprint density at radius 2 is 2.33 bits per heavy atom. The summed E-state index contributed by atoms with van der Waals surface area (Å²) in [5.41, 5.74) is 1.44. The molecule has 0 spiro atoms. The summed E-state index contributed by atoms with van der Waals surface area (Å²) in [6, 6.07) is 4.63.